The molecule has 0 bridgehead atoms. The zero-order chi connectivity index (χ0) is 20.5. The summed E-state index contributed by atoms with van der Waals surface area (Å²) >= 11 is 7.03. The van der Waals surface area contributed by atoms with E-state index in [1.54, 1.807) is 0 Å². The van der Waals surface area contributed by atoms with Gasteiger partial charge in [0.1, 0.15) is 0 Å². The molecule has 1 heterocycles. The van der Waals surface area contributed by atoms with Gasteiger partial charge < -0.3 is 0 Å². The average molecular weight is 515 g/mol. The van der Waals surface area contributed by atoms with E-state index in [9.17, 15) is 0 Å². The molecule has 0 fully saturated rings. The van der Waals surface area contributed by atoms with Crippen LogP contribution in [0.3, 0.4) is 0 Å². The first-order valence-electron chi connectivity index (χ1n) is 9.69. The molecular weight excluding hydrogens is 498 g/mol. The lowest BCUT2D eigenvalue weighted by atomic mass is 9.98. The summed E-state index contributed by atoms with van der Waals surface area (Å²) in [5.41, 5.74) is 5.41. The fourth-order valence-corrected chi connectivity index (χ4v) is 4.23. The molecule has 3 heteroatoms. The Morgan fingerprint density at radius 1 is 0.667 bits per heavy atom. The molecule has 0 aliphatic carbocycles. The molecule has 0 spiro atoms. The van der Waals surface area contributed by atoms with Crippen LogP contribution in [0, 0.1) is 0 Å². The van der Waals surface area contributed by atoms with Gasteiger partial charge in [-0.15, -0.1) is 0 Å². The first kappa shape index (κ1) is 19.2. The van der Waals surface area contributed by atoms with Crippen LogP contribution in [0.15, 0.2) is 99.9 Å². The van der Waals surface area contributed by atoms with Crippen molar-refractivity contribution < 1.29 is 0 Å². The van der Waals surface area contributed by atoms with Gasteiger partial charge in [0.2, 0.25) is 0 Å². The molecule has 4 aromatic carbocycles. The Morgan fingerprint density at radius 2 is 1.37 bits per heavy atom. The SMILES string of the molecule is Brc1ccc(/C=C/c2cc(-c3ccc(Br)cc3)nc3ccc4ccccc4c23)cc1. The van der Waals surface area contributed by atoms with E-state index in [4.69, 9.17) is 4.98 Å². The molecule has 1 nitrogen and oxygen atoms in total. The van der Waals surface area contributed by atoms with Crippen LogP contribution in [0.25, 0.3) is 45.1 Å². The zero-order valence-electron chi connectivity index (χ0n) is 16.0. The number of halogens is 2. The maximum Gasteiger partial charge on any atom is 0.0722 e. The number of hydrogen-bond acceptors (Lipinski definition) is 1. The van der Waals surface area contributed by atoms with Crippen LogP contribution in [0.4, 0.5) is 0 Å². The lowest BCUT2D eigenvalue weighted by Crippen LogP contribution is -1.90. The lowest BCUT2D eigenvalue weighted by molar-refractivity contribution is 1.39. The van der Waals surface area contributed by atoms with E-state index < -0.39 is 0 Å². The molecule has 5 rings (SSSR count). The van der Waals surface area contributed by atoms with Crippen molar-refractivity contribution in [2.45, 2.75) is 0 Å². The predicted octanol–water partition coefficient (Wildman–Crippen LogP) is 8.75. The molecule has 0 saturated carbocycles. The van der Waals surface area contributed by atoms with Crippen molar-refractivity contribution in [3.8, 4) is 11.3 Å². The molecule has 0 radical (unpaired) electrons. The number of hydrogen-bond donors (Lipinski definition) is 0. The summed E-state index contributed by atoms with van der Waals surface area (Å²) in [7, 11) is 0. The summed E-state index contributed by atoms with van der Waals surface area (Å²) in [5.74, 6) is 0. The Bertz CT molecular complexity index is 1390. The van der Waals surface area contributed by atoms with Gasteiger partial charge in [0.25, 0.3) is 0 Å². The highest BCUT2D eigenvalue weighted by atomic mass is 79.9. The lowest BCUT2D eigenvalue weighted by Gasteiger charge is -2.10. The van der Waals surface area contributed by atoms with Crippen LogP contribution in [0.2, 0.25) is 0 Å². The van der Waals surface area contributed by atoms with Crippen LogP contribution in [-0.4, -0.2) is 4.98 Å². The summed E-state index contributed by atoms with van der Waals surface area (Å²) < 4.78 is 2.14. The van der Waals surface area contributed by atoms with E-state index in [0.29, 0.717) is 0 Å². The monoisotopic (exact) mass is 513 g/mol. The summed E-state index contributed by atoms with van der Waals surface area (Å²) in [4.78, 5) is 5.00. The molecule has 0 aliphatic rings. The predicted molar refractivity (Wildman–Crippen MR) is 135 cm³/mol. The molecule has 0 saturated heterocycles. The van der Waals surface area contributed by atoms with E-state index in [1.807, 2.05) is 0 Å². The third kappa shape index (κ3) is 3.83. The molecule has 0 N–H and O–H groups in total. The molecule has 0 aliphatic heterocycles. The van der Waals surface area contributed by atoms with Crippen molar-refractivity contribution in [1.29, 1.82) is 0 Å². The first-order valence-corrected chi connectivity index (χ1v) is 11.3. The molecule has 0 atom stereocenters. The highest BCUT2D eigenvalue weighted by Crippen LogP contribution is 2.32. The molecule has 5 aromatic rings. The van der Waals surface area contributed by atoms with Crippen LogP contribution in [0.5, 0.6) is 0 Å². The molecular formula is C27H17Br2N. The van der Waals surface area contributed by atoms with Gasteiger partial charge in [-0.3, -0.25) is 0 Å². The van der Waals surface area contributed by atoms with Crippen LogP contribution >= 0.6 is 31.9 Å². The Morgan fingerprint density at radius 3 is 2.13 bits per heavy atom. The Balaban J connectivity index is 1.74. The number of pyridine rings is 1. The molecule has 1 aromatic heterocycles. The Hall–Kier alpha value is -2.75. The maximum atomic E-state index is 5.00. The van der Waals surface area contributed by atoms with E-state index in [0.717, 1.165) is 36.8 Å². The number of fused-ring (bicyclic) bond motifs is 3. The van der Waals surface area contributed by atoms with Crippen LogP contribution in [0.1, 0.15) is 11.1 Å². The van der Waals surface area contributed by atoms with Gasteiger partial charge >= 0.3 is 0 Å². The van der Waals surface area contributed by atoms with Crippen LogP contribution < -0.4 is 0 Å². The van der Waals surface area contributed by atoms with E-state index in [-0.39, 0.29) is 0 Å². The molecule has 30 heavy (non-hydrogen) atoms. The van der Waals surface area contributed by atoms with Crippen LogP contribution in [-0.2, 0) is 0 Å². The minimum Gasteiger partial charge on any atom is -0.248 e. The first-order chi connectivity index (χ1) is 14.7. The van der Waals surface area contributed by atoms with Gasteiger partial charge in [0, 0.05) is 19.9 Å². The maximum absolute atomic E-state index is 5.00. The van der Waals surface area contributed by atoms with Gasteiger partial charge in [-0.05, 0) is 58.3 Å². The highest BCUT2D eigenvalue weighted by Gasteiger charge is 2.09. The fraction of sp³-hybridized carbons (Fsp3) is 0. The summed E-state index contributed by atoms with van der Waals surface area (Å²) in [5, 5.41) is 3.63. The van der Waals surface area contributed by atoms with Crippen molar-refractivity contribution in [3.05, 3.63) is 111 Å². The third-order valence-corrected chi connectivity index (χ3v) is 6.25. The van der Waals surface area contributed by atoms with E-state index >= 15 is 0 Å². The third-order valence-electron chi connectivity index (χ3n) is 5.19. The van der Waals surface area contributed by atoms with Crippen molar-refractivity contribution in [3.63, 3.8) is 0 Å². The molecule has 0 unspecified atom stereocenters. The summed E-state index contributed by atoms with van der Waals surface area (Å²) in [6, 6.07) is 31.6. The average Bonchev–Trinajstić information content (AvgIpc) is 2.78. The van der Waals surface area contributed by atoms with Gasteiger partial charge in [0.05, 0.1) is 11.2 Å². The van der Waals surface area contributed by atoms with Gasteiger partial charge in [0.15, 0.2) is 0 Å². The number of nitrogens with zero attached hydrogens (tertiary/aromatic N) is 1. The fourth-order valence-electron chi connectivity index (χ4n) is 3.70. The van der Waals surface area contributed by atoms with Gasteiger partial charge in [-0.2, -0.15) is 0 Å². The second-order valence-electron chi connectivity index (χ2n) is 7.17. The molecule has 0 amide bonds. The van der Waals surface area contributed by atoms with Crippen molar-refractivity contribution in [2.24, 2.45) is 0 Å². The smallest absolute Gasteiger partial charge is 0.0722 e. The topological polar surface area (TPSA) is 12.9 Å². The zero-order valence-corrected chi connectivity index (χ0v) is 19.2. The van der Waals surface area contributed by atoms with Gasteiger partial charge in [-0.25, -0.2) is 4.98 Å². The Kier molecular flexibility index (Phi) is 5.24. The second kappa shape index (κ2) is 8.17. The summed E-state index contributed by atoms with van der Waals surface area (Å²) in [6.07, 6.45) is 4.36. The molecule has 144 valence electrons. The minimum atomic E-state index is 0.973. The number of benzene rings is 4. The van der Waals surface area contributed by atoms with Gasteiger partial charge in [-0.1, -0.05) is 98.6 Å². The quantitative estimate of drug-likeness (QED) is 0.219. The minimum absolute atomic E-state index is 0.973. The number of rotatable bonds is 3. The standard InChI is InChI=1S/C27H17Br2N/c28-22-12-6-18(7-13-22)5-8-21-17-26(20-9-14-23(29)15-10-20)30-25-16-11-19-3-1-2-4-24(19)27(21)25/h1-17H/b8-5+. The normalized spacial score (nSPS) is 11.5. The van der Waals surface area contributed by atoms with Crippen molar-refractivity contribution in [1.82, 2.24) is 4.98 Å². The largest absolute Gasteiger partial charge is 0.248 e. The van der Waals surface area contributed by atoms with Crippen molar-refractivity contribution >= 4 is 65.7 Å². The highest BCUT2D eigenvalue weighted by molar-refractivity contribution is 9.10. The van der Waals surface area contributed by atoms with E-state index in [2.05, 4.69) is 135 Å². The summed E-state index contributed by atoms with van der Waals surface area (Å²) in [6.45, 7) is 0. The van der Waals surface area contributed by atoms with Crippen molar-refractivity contribution in [2.75, 3.05) is 0 Å². The Labute approximate surface area is 192 Å². The number of aromatic nitrogens is 1. The van der Waals surface area contributed by atoms with E-state index in [1.165, 1.54) is 16.2 Å². The second-order valence-corrected chi connectivity index (χ2v) is 9.00.